The van der Waals surface area contributed by atoms with Gasteiger partial charge in [0.05, 0.1) is 0 Å². The molecule has 7 heavy (non-hydrogen) atoms. The minimum atomic E-state index is -3.65. The molecule has 1 radical (unpaired) electrons. The Kier molecular flexibility index (Phi) is 1.92. The molecule has 43 valence electrons. The maximum Gasteiger partial charge on any atom is 0.292 e. The molecule has 4 heteroatoms. The largest absolute Gasteiger partial charge is 0.292 e. The van der Waals surface area contributed by atoms with Crippen LogP contribution in [0.2, 0.25) is 0 Å². The lowest BCUT2D eigenvalue weighted by Crippen LogP contribution is -2.20. The first kappa shape index (κ1) is 7.08. The Morgan fingerprint density at radius 3 is 1.71 bits per heavy atom. The van der Waals surface area contributed by atoms with E-state index in [0.717, 1.165) is 0 Å². The molecule has 0 bridgehead atoms. The first-order chi connectivity index (χ1) is 2.94. The molecule has 0 aliphatic heterocycles. The van der Waals surface area contributed by atoms with Crippen LogP contribution >= 0.6 is 11.6 Å². The van der Waals surface area contributed by atoms with Crippen molar-refractivity contribution in [3.05, 3.63) is 6.92 Å². The minimum absolute atomic E-state index is 2.13. The zero-order chi connectivity index (χ0) is 6.08. The Bertz CT molecular complexity index is 55.7. The maximum absolute atomic E-state index is 11.2. The van der Waals surface area contributed by atoms with Crippen molar-refractivity contribution in [2.75, 3.05) is 0 Å². The summed E-state index contributed by atoms with van der Waals surface area (Å²) in [5.41, 5.74) is -2.67. The first-order valence-corrected chi connectivity index (χ1v) is 1.89. The van der Waals surface area contributed by atoms with Gasteiger partial charge >= 0.3 is 0 Å². The molecule has 0 aromatic heterocycles. The molecule has 0 saturated heterocycles. The van der Waals surface area contributed by atoms with E-state index < -0.39 is 11.6 Å². The van der Waals surface area contributed by atoms with Crippen molar-refractivity contribution in [3.8, 4) is 0 Å². The molecule has 0 aliphatic carbocycles. The highest BCUT2D eigenvalue weighted by Crippen LogP contribution is 2.22. The third-order valence-corrected chi connectivity index (χ3v) is 0.639. The standard InChI is InChI=1S/C3H3ClF3/c1-3(6,7)2(4)5/h2H,1H2. The van der Waals surface area contributed by atoms with Gasteiger partial charge in [-0.25, -0.2) is 13.2 Å². The van der Waals surface area contributed by atoms with Gasteiger partial charge in [0.25, 0.3) is 5.92 Å². The third-order valence-electron chi connectivity index (χ3n) is 0.319. The molecule has 0 nitrogen and oxygen atoms in total. The van der Waals surface area contributed by atoms with E-state index in [1.54, 1.807) is 0 Å². The molecule has 0 N–H and O–H groups in total. The molecular weight excluding hydrogens is 128 g/mol. The maximum atomic E-state index is 11.2. The fraction of sp³-hybridized carbons (Fsp3) is 0.667. The number of alkyl halides is 4. The van der Waals surface area contributed by atoms with E-state index in [4.69, 9.17) is 0 Å². The summed E-state index contributed by atoms with van der Waals surface area (Å²) in [6.45, 7) is 2.13. The Morgan fingerprint density at radius 2 is 1.71 bits per heavy atom. The monoisotopic (exact) mass is 131 g/mol. The summed E-state index contributed by atoms with van der Waals surface area (Å²) in [6, 6.07) is 0. The highest BCUT2D eigenvalue weighted by molar-refractivity contribution is 6.20. The van der Waals surface area contributed by atoms with Crippen LogP contribution < -0.4 is 0 Å². The second-order valence-electron chi connectivity index (χ2n) is 1.06. The molecule has 0 saturated carbocycles. The summed E-state index contributed by atoms with van der Waals surface area (Å²) in [4.78, 5) is 0. The molecule has 1 atom stereocenters. The number of halogens is 4. The normalized spacial score (nSPS) is 16.7. The molecule has 0 aliphatic rings. The quantitative estimate of drug-likeness (QED) is 0.478. The summed E-state index contributed by atoms with van der Waals surface area (Å²) in [6.07, 6.45) is 0. The zero-order valence-corrected chi connectivity index (χ0v) is 4.05. The Labute approximate surface area is 44.3 Å². The summed E-state index contributed by atoms with van der Waals surface area (Å²) >= 11 is 4.27. The van der Waals surface area contributed by atoms with Crippen LogP contribution in [0.4, 0.5) is 13.2 Å². The molecule has 0 fully saturated rings. The van der Waals surface area contributed by atoms with Gasteiger partial charge in [0.15, 0.2) is 0 Å². The van der Waals surface area contributed by atoms with Gasteiger partial charge in [-0.1, -0.05) is 11.6 Å². The van der Waals surface area contributed by atoms with Gasteiger partial charge in [0.1, 0.15) is 0 Å². The van der Waals surface area contributed by atoms with Crippen LogP contribution in [-0.2, 0) is 0 Å². The van der Waals surface area contributed by atoms with Gasteiger partial charge in [-0.05, 0) is 0 Å². The van der Waals surface area contributed by atoms with Gasteiger partial charge < -0.3 is 0 Å². The van der Waals surface area contributed by atoms with Crippen LogP contribution in [0.5, 0.6) is 0 Å². The van der Waals surface area contributed by atoms with Gasteiger partial charge in [-0.15, -0.1) is 0 Å². The lowest BCUT2D eigenvalue weighted by molar-refractivity contribution is 0.00537. The van der Waals surface area contributed by atoms with Gasteiger partial charge in [-0.3, -0.25) is 0 Å². The summed E-state index contributed by atoms with van der Waals surface area (Å²) in [5, 5.41) is 0. The molecule has 0 spiro atoms. The van der Waals surface area contributed by atoms with E-state index in [2.05, 4.69) is 18.5 Å². The van der Waals surface area contributed by atoms with Crippen molar-refractivity contribution in [2.24, 2.45) is 0 Å². The van der Waals surface area contributed by atoms with Crippen molar-refractivity contribution < 1.29 is 13.2 Å². The van der Waals surface area contributed by atoms with Crippen LogP contribution in [0.25, 0.3) is 0 Å². The second-order valence-corrected chi connectivity index (χ2v) is 1.44. The fourth-order valence-corrected chi connectivity index (χ4v) is 0. The topological polar surface area (TPSA) is 0 Å². The van der Waals surface area contributed by atoms with E-state index in [9.17, 15) is 13.2 Å². The van der Waals surface area contributed by atoms with Crippen molar-refractivity contribution >= 4 is 11.6 Å². The van der Waals surface area contributed by atoms with E-state index in [-0.39, 0.29) is 0 Å². The summed E-state index contributed by atoms with van der Waals surface area (Å²) < 4.78 is 33.6. The molecule has 0 aromatic carbocycles. The van der Waals surface area contributed by atoms with E-state index >= 15 is 0 Å². The van der Waals surface area contributed by atoms with Crippen LogP contribution in [0, 0.1) is 6.92 Å². The average molecular weight is 132 g/mol. The lowest BCUT2D eigenvalue weighted by atomic mass is 10.4. The predicted molar refractivity (Wildman–Crippen MR) is 21.1 cm³/mol. The number of hydrogen-bond acceptors (Lipinski definition) is 0. The van der Waals surface area contributed by atoms with E-state index in [0.29, 0.717) is 0 Å². The van der Waals surface area contributed by atoms with Crippen molar-refractivity contribution in [3.63, 3.8) is 0 Å². The Balaban J connectivity index is 3.54. The number of rotatable bonds is 1. The zero-order valence-electron chi connectivity index (χ0n) is 3.30. The van der Waals surface area contributed by atoms with Crippen molar-refractivity contribution in [1.82, 2.24) is 0 Å². The second kappa shape index (κ2) is 1.90. The number of hydrogen-bond donors (Lipinski definition) is 0. The highest BCUT2D eigenvalue weighted by atomic mass is 35.5. The highest BCUT2D eigenvalue weighted by Gasteiger charge is 2.32. The Hall–Kier alpha value is 0.0800. The SMILES string of the molecule is [CH2]C(F)(F)C(F)Cl. The molecule has 0 amide bonds. The Morgan fingerprint density at radius 1 is 1.57 bits per heavy atom. The van der Waals surface area contributed by atoms with Crippen LogP contribution in [0.1, 0.15) is 0 Å². The van der Waals surface area contributed by atoms with Crippen molar-refractivity contribution in [2.45, 2.75) is 11.6 Å². The molecular formula is C3H3ClF3. The van der Waals surface area contributed by atoms with E-state index in [1.807, 2.05) is 0 Å². The molecule has 0 aromatic rings. The van der Waals surface area contributed by atoms with Crippen LogP contribution in [0.15, 0.2) is 0 Å². The summed E-state index contributed by atoms with van der Waals surface area (Å²) in [5.74, 6) is -3.65. The predicted octanol–water partition coefficient (Wildman–Crippen LogP) is 1.99. The van der Waals surface area contributed by atoms with Gasteiger partial charge in [-0.2, -0.15) is 0 Å². The van der Waals surface area contributed by atoms with E-state index in [1.165, 1.54) is 0 Å². The van der Waals surface area contributed by atoms with Gasteiger partial charge in [0, 0.05) is 6.92 Å². The van der Waals surface area contributed by atoms with Crippen LogP contribution in [-0.4, -0.2) is 11.6 Å². The smallest absolute Gasteiger partial charge is 0.223 e. The van der Waals surface area contributed by atoms with Crippen molar-refractivity contribution in [1.29, 1.82) is 0 Å². The molecule has 0 heterocycles. The molecule has 1 unspecified atom stereocenters. The average Bonchev–Trinajstić information content (AvgIpc) is 1.31. The third kappa shape index (κ3) is 2.74. The molecule has 0 rings (SSSR count). The van der Waals surface area contributed by atoms with Crippen LogP contribution in [0.3, 0.4) is 0 Å². The fourth-order valence-electron chi connectivity index (χ4n) is 0. The minimum Gasteiger partial charge on any atom is -0.223 e. The lowest BCUT2D eigenvalue weighted by Gasteiger charge is -2.06. The van der Waals surface area contributed by atoms with Gasteiger partial charge in [0.2, 0.25) is 5.63 Å². The summed E-state index contributed by atoms with van der Waals surface area (Å²) in [7, 11) is 0. The first-order valence-electron chi connectivity index (χ1n) is 1.46.